The molecule has 0 fully saturated rings. The molecule has 0 aliphatic heterocycles. The number of nitrogens with one attached hydrogen (secondary N) is 1. The number of rotatable bonds is 2. The first-order chi connectivity index (χ1) is 10.2. The molecular formula is C16H11FN2O2. The van der Waals surface area contributed by atoms with Crippen LogP contribution in [0.5, 0.6) is 5.75 Å². The van der Waals surface area contributed by atoms with Crippen molar-refractivity contribution in [1.29, 1.82) is 0 Å². The molecule has 1 amide bonds. The molecular weight excluding hydrogens is 271 g/mol. The minimum Gasteiger partial charge on any atom is -0.504 e. The summed E-state index contributed by atoms with van der Waals surface area (Å²) in [4.78, 5) is 16.4. The van der Waals surface area contributed by atoms with Gasteiger partial charge in [0.2, 0.25) is 0 Å². The number of hydrogen-bond donors (Lipinski definition) is 2. The molecule has 3 rings (SSSR count). The van der Waals surface area contributed by atoms with Gasteiger partial charge in [0.1, 0.15) is 0 Å². The first-order valence-electron chi connectivity index (χ1n) is 6.29. The molecule has 0 bridgehead atoms. The molecule has 0 saturated heterocycles. The highest BCUT2D eigenvalue weighted by molar-refractivity contribution is 6.09. The van der Waals surface area contributed by atoms with E-state index in [4.69, 9.17) is 0 Å². The average Bonchev–Trinajstić information content (AvgIpc) is 2.50. The number of para-hydroxylation sites is 2. The van der Waals surface area contributed by atoms with E-state index in [2.05, 4.69) is 10.3 Å². The zero-order chi connectivity index (χ0) is 14.8. The number of anilines is 1. The molecule has 5 heteroatoms. The number of pyridine rings is 1. The maximum atomic E-state index is 13.3. The first kappa shape index (κ1) is 13.1. The van der Waals surface area contributed by atoms with E-state index in [1.807, 2.05) is 12.1 Å². The van der Waals surface area contributed by atoms with E-state index >= 15 is 0 Å². The number of aromatic hydroxyl groups is 1. The maximum Gasteiger partial charge on any atom is 0.259 e. The summed E-state index contributed by atoms with van der Waals surface area (Å²) in [5.41, 5.74) is 1.01. The van der Waals surface area contributed by atoms with Crippen LogP contribution in [-0.4, -0.2) is 16.0 Å². The van der Waals surface area contributed by atoms with Crippen molar-refractivity contribution in [3.63, 3.8) is 0 Å². The van der Waals surface area contributed by atoms with Crippen LogP contribution in [0.3, 0.4) is 0 Å². The van der Waals surface area contributed by atoms with E-state index in [1.54, 1.807) is 24.4 Å². The number of amides is 1. The highest BCUT2D eigenvalue weighted by Gasteiger charge is 2.15. The summed E-state index contributed by atoms with van der Waals surface area (Å²) in [6.07, 6.45) is 1.62. The summed E-state index contributed by atoms with van der Waals surface area (Å²) < 4.78 is 13.3. The van der Waals surface area contributed by atoms with Gasteiger partial charge in [0, 0.05) is 11.6 Å². The Morgan fingerprint density at radius 3 is 2.71 bits per heavy atom. The highest BCUT2D eigenvalue weighted by atomic mass is 19.1. The number of hydrogen-bond acceptors (Lipinski definition) is 3. The fourth-order valence-corrected chi connectivity index (χ4v) is 2.09. The Morgan fingerprint density at radius 2 is 1.86 bits per heavy atom. The summed E-state index contributed by atoms with van der Waals surface area (Å²) in [5.74, 6) is -2.09. The van der Waals surface area contributed by atoms with Crippen LogP contribution >= 0.6 is 0 Å². The molecule has 104 valence electrons. The molecule has 2 N–H and O–H groups in total. The van der Waals surface area contributed by atoms with Crippen molar-refractivity contribution in [3.05, 3.63) is 66.1 Å². The molecule has 0 saturated carbocycles. The van der Waals surface area contributed by atoms with E-state index in [0.29, 0.717) is 11.2 Å². The molecule has 1 aromatic heterocycles. The number of aromatic nitrogens is 1. The quantitative estimate of drug-likeness (QED) is 0.757. The van der Waals surface area contributed by atoms with Crippen LogP contribution in [0.15, 0.2) is 54.7 Å². The largest absolute Gasteiger partial charge is 0.504 e. The molecule has 0 spiro atoms. The van der Waals surface area contributed by atoms with Crippen LogP contribution < -0.4 is 5.32 Å². The van der Waals surface area contributed by atoms with E-state index in [1.165, 1.54) is 12.1 Å². The number of fused-ring (bicyclic) bond motifs is 1. The van der Waals surface area contributed by atoms with Crippen molar-refractivity contribution in [3.8, 4) is 5.75 Å². The third-order valence-electron chi connectivity index (χ3n) is 3.11. The molecule has 1 heterocycles. The lowest BCUT2D eigenvalue weighted by Gasteiger charge is -2.09. The highest BCUT2D eigenvalue weighted by Crippen LogP contribution is 2.24. The zero-order valence-corrected chi connectivity index (χ0v) is 10.9. The van der Waals surface area contributed by atoms with Crippen molar-refractivity contribution < 1.29 is 14.3 Å². The SMILES string of the molecule is O=C(Nc1cccc2cccnc12)c1cccc(F)c1O. The van der Waals surface area contributed by atoms with Gasteiger partial charge in [0.25, 0.3) is 5.91 Å². The zero-order valence-electron chi connectivity index (χ0n) is 10.9. The van der Waals surface area contributed by atoms with Crippen molar-refractivity contribution in [2.45, 2.75) is 0 Å². The molecule has 0 unspecified atom stereocenters. The number of phenolic OH excluding ortho intramolecular Hbond substituents is 1. The monoisotopic (exact) mass is 282 g/mol. The smallest absolute Gasteiger partial charge is 0.259 e. The summed E-state index contributed by atoms with van der Waals surface area (Å²) >= 11 is 0. The minimum atomic E-state index is -0.835. The number of nitrogens with zero attached hydrogens (tertiary/aromatic N) is 1. The molecule has 0 aliphatic rings. The van der Waals surface area contributed by atoms with Crippen molar-refractivity contribution in [2.24, 2.45) is 0 Å². The molecule has 0 atom stereocenters. The topological polar surface area (TPSA) is 62.2 Å². The Morgan fingerprint density at radius 1 is 1.10 bits per heavy atom. The van der Waals surface area contributed by atoms with E-state index in [0.717, 1.165) is 11.5 Å². The molecule has 3 aromatic rings. The van der Waals surface area contributed by atoms with Crippen LogP contribution in [0, 0.1) is 5.82 Å². The fraction of sp³-hybridized carbons (Fsp3) is 0. The van der Waals surface area contributed by atoms with Gasteiger partial charge in [-0.05, 0) is 24.3 Å². The maximum absolute atomic E-state index is 13.3. The number of halogens is 1. The van der Waals surface area contributed by atoms with Gasteiger partial charge in [0.15, 0.2) is 11.6 Å². The van der Waals surface area contributed by atoms with Gasteiger partial charge in [-0.15, -0.1) is 0 Å². The Balaban J connectivity index is 1.99. The molecule has 0 aliphatic carbocycles. The van der Waals surface area contributed by atoms with E-state index in [9.17, 15) is 14.3 Å². The Bertz CT molecular complexity index is 828. The Kier molecular flexibility index (Phi) is 3.23. The van der Waals surface area contributed by atoms with Gasteiger partial charge in [0.05, 0.1) is 16.8 Å². The van der Waals surface area contributed by atoms with Gasteiger partial charge < -0.3 is 10.4 Å². The van der Waals surface area contributed by atoms with Gasteiger partial charge in [-0.2, -0.15) is 0 Å². The van der Waals surface area contributed by atoms with Crippen molar-refractivity contribution in [2.75, 3.05) is 5.32 Å². The standard InChI is InChI=1S/C16H11FN2O2/c17-12-7-2-6-11(15(12)20)16(21)19-13-8-1-4-10-5-3-9-18-14(10)13/h1-9,20H,(H,19,21). The van der Waals surface area contributed by atoms with Crippen LogP contribution in [0.25, 0.3) is 10.9 Å². The summed E-state index contributed by atoms with van der Waals surface area (Å²) in [6, 6.07) is 12.8. The van der Waals surface area contributed by atoms with Crippen molar-refractivity contribution in [1.82, 2.24) is 4.98 Å². The molecule has 4 nitrogen and oxygen atoms in total. The Hall–Kier alpha value is -2.95. The summed E-state index contributed by atoms with van der Waals surface area (Å²) in [7, 11) is 0. The fourth-order valence-electron chi connectivity index (χ4n) is 2.09. The lowest BCUT2D eigenvalue weighted by Crippen LogP contribution is -2.13. The predicted octanol–water partition coefficient (Wildman–Crippen LogP) is 3.33. The van der Waals surface area contributed by atoms with Crippen LogP contribution in [0.1, 0.15) is 10.4 Å². The van der Waals surface area contributed by atoms with Gasteiger partial charge in [-0.25, -0.2) is 4.39 Å². The Labute approximate surface area is 119 Å². The number of carbonyl (C=O) groups is 1. The normalized spacial score (nSPS) is 10.5. The number of carbonyl (C=O) groups excluding carboxylic acids is 1. The lowest BCUT2D eigenvalue weighted by molar-refractivity contribution is 0.102. The second-order valence-corrected chi connectivity index (χ2v) is 4.47. The van der Waals surface area contributed by atoms with E-state index in [-0.39, 0.29) is 5.56 Å². The van der Waals surface area contributed by atoms with E-state index < -0.39 is 17.5 Å². The summed E-state index contributed by atoms with van der Waals surface area (Å²) in [6.45, 7) is 0. The third kappa shape index (κ3) is 2.41. The van der Waals surface area contributed by atoms with Crippen molar-refractivity contribution >= 4 is 22.5 Å². The van der Waals surface area contributed by atoms with Crippen LogP contribution in [0.4, 0.5) is 10.1 Å². The van der Waals surface area contributed by atoms with Gasteiger partial charge >= 0.3 is 0 Å². The molecule has 21 heavy (non-hydrogen) atoms. The van der Waals surface area contributed by atoms with Gasteiger partial charge in [-0.1, -0.05) is 24.3 Å². The lowest BCUT2D eigenvalue weighted by atomic mass is 10.1. The summed E-state index contributed by atoms with van der Waals surface area (Å²) in [5, 5.41) is 13.1. The van der Waals surface area contributed by atoms with Crippen LogP contribution in [0.2, 0.25) is 0 Å². The first-order valence-corrected chi connectivity index (χ1v) is 6.29. The molecule has 2 aromatic carbocycles. The second kappa shape index (κ2) is 5.20. The molecule has 0 radical (unpaired) electrons. The number of benzene rings is 2. The van der Waals surface area contributed by atoms with Gasteiger partial charge in [-0.3, -0.25) is 9.78 Å². The number of phenols is 1. The predicted molar refractivity (Wildman–Crippen MR) is 77.8 cm³/mol. The third-order valence-corrected chi connectivity index (χ3v) is 3.11. The average molecular weight is 282 g/mol. The second-order valence-electron chi connectivity index (χ2n) is 4.47. The minimum absolute atomic E-state index is 0.122. The van der Waals surface area contributed by atoms with Crippen LogP contribution in [-0.2, 0) is 0 Å².